The summed E-state index contributed by atoms with van der Waals surface area (Å²) in [6, 6.07) is 89.9. The van der Waals surface area contributed by atoms with E-state index in [0.29, 0.717) is 16.6 Å². The van der Waals surface area contributed by atoms with Crippen molar-refractivity contribution >= 4 is 55.5 Å². The van der Waals surface area contributed by atoms with Gasteiger partial charge in [0.2, 0.25) is 0 Å². The number of benzene rings is 6. The summed E-state index contributed by atoms with van der Waals surface area (Å²) in [4.78, 5) is 41.1. The molecule has 0 bridgehead atoms. The Morgan fingerprint density at radius 2 is 0.424 bits per heavy atom. The fraction of sp³-hybridized carbons (Fsp3) is 0.0741. The van der Waals surface area contributed by atoms with E-state index in [1.165, 1.54) is 17.1 Å². The first kappa shape index (κ1) is 83.2. The second kappa shape index (κ2) is 54.4. The number of hydrogen-bond donors (Lipinski definition) is 4. The Morgan fingerprint density at radius 1 is 0.222 bits per heavy atom. The third-order valence-corrected chi connectivity index (χ3v) is 12.2. The molecule has 0 fully saturated rings. The molecule has 0 saturated carbocycles. The van der Waals surface area contributed by atoms with Crippen molar-refractivity contribution in [2.24, 2.45) is 0 Å². The van der Waals surface area contributed by atoms with Gasteiger partial charge in [0.25, 0.3) is 0 Å². The van der Waals surface area contributed by atoms with E-state index in [2.05, 4.69) is 96.0 Å². The molecule has 0 unspecified atom stereocenters. The van der Waals surface area contributed by atoms with Crippen molar-refractivity contribution in [3.05, 3.63) is 378 Å². The summed E-state index contributed by atoms with van der Waals surface area (Å²) in [6.45, 7) is 0. The fourth-order valence-electron chi connectivity index (χ4n) is 7.37. The van der Waals surface area contributed by atoms with Crippen LogP contribution in [0.3, 0.4) is 0 Å². The normalized spacial score (nSPS) is 8.91. The summed E-state index contributed by atoms with van der Waals surface area (Å²) < 4.78 is 0. The van der Waals surface area contributed by atoms with Gasteiger partial charge in [-0.3, -0.25) is 44.9 Å². The first-order valence-electron chi connectivity index (χ1n) is 30.6. The predicted molar refractivity (Wildman–Crippen MR) is 402 cm³/mol. The van der Waals surface area contributed by atoms with E-state index in [1.807, 2.05) is 255 Å². The monoisotopic (exact) mass is 1410 g/mol. The second-order valence-electron chi connectivity index (χ2n) is 20.2. The summed E-state index contributed by atoms with van der Waals surface area (Å²) >= 11 is 0. The molecule has 0 spiro atoms. The fourth-order valence-corrected chi connectivity index (χ4v) is 7.37. The number of phenols is 3. The first-order chi connectivity index (χ1) is 47.4. The predicted octanol–water partition coefficient (Wildman–Crippen LogP) is 17.1. The largest absolute Gasteiger partial charge is 0.506 e. The van der Waals surface area contributed by atoms with Crippen molar-refractivity contribution in [1.29, 1.82) is 0 Å². The van der Waals surface area contributed by atoms with Crippen molar-refractivity contribution in [3.63, 3.8) is 0 Å². The number of anilines is 4. The van der Waals surface area contributed by atoms with Gasteiger partial charge < -0.3 is 35.8 Å². The number of aromatic hydroxyl groups is 3. The molecule has 0 aliphatic heterocycles. The Hall–Kier alpha value is -11.9. The number of fused-ring (bicyclic) bond motifs is 3. The number of phenolic OH excluding ortho intramolecular Hbond substituents is 3. The zero-order valence-corrected chi connectivity index (χ0v) is 58.1. The van der Waals surface area contributed by atoms with Crippen LogP contribution in [-0.2, 0) is 34.1 Å². The second-order valence-corrected chi connectivity index (χ2v) is 20.2. The molecule has 514 valence electrons. The topological polar surface area (TPSA) is 212 Å². The molecule has 0 amide bonds. The van der Waals surface area contributed by atoms with E-state index in [9.17, 15) is 15.3 Å². The molecule has 18 heteroatoms. The van der Waals surface area contributed by atoms with Gasteiger partial charge in [-0.2, -0.15) is 0 Å². The van der Waals surface area contributed by atoms with Crippen LogP contribution in [0.4, 0.5) is 22.7 Å². The molecule has 5 N–H and O–H groups in total. The molecule has 16 nitrogen and oxygen atoms in total. The molecule has 9 aromatic heterocycles. The molecule has 0 aliphatic carbocycles. The van der Waals surface area contributed by atoms with Crippen molar-refractivity contribution in [2.75, 3.05) is 62.7 Å². The Kier molecular flexibility index (Phi) is 45.7. The van der Waals surface area contributed by atoms with Gasteiger partial charge >= 0.3 is 0 Å². The summed E-state index contributed by atoms with van der Waals surface area (Å²) in [7, 11) is 12.3. The molecule has 0 aliphatic rings. The molecule has 6 aromatic carbocycles. The first-order valence-corrected chi connectivity index (χ1v) is 30.6. The van der Waals surface area contributed by atoms with Crippen LogP contribution in [0.5, 0.6) is 17.2 Å². The molecule has 2 radical (unpaired) electrons. The molecular weight excluding hydrogens is 1330 g/mol. The van der Waals surface area contributed by atoms with E-state index in [1.54, 1.807) is 129 Å². The van der Waals surface area contributed by atoms with Crippen molar-refractivity contribution in [1.82, 2.24) is 44.9 Å². The zero-order valence-electron chi connectivity index (χ0n) is 56.2. The van der Waals surface area contributed by atoms with Gasteiger partial charge in [-0.05, 0) is 158 Å². The van der Waals surface area contributed by atoms with Gasteiger partial charge in [-0.15, -0.1) is 0 Å². The minimum atomic E-state index is 0. The van der Waals surface area contributed by atoms with Crippen LogP contribution in [-0.4, -0.2) is 102 Å². The van der Waals surface area contributed by atoms with Gasteiger partial charge in [-0.1, -0.05) is 127 Å². The number of pyridine rings is 9. The number of nitrogen functional groups attached to an aromatic ring is 1. The Balaban J connectivity index is 0.000000370. The molecule has 15 rings (SSSR count). The maximum Gasteiger partial charge on any atom is 0.141 e. The summed E-state index contributed by atoms with van der Waals surface area (Å²) in [5.41, 5.74) is 11.9. The third-order valence-electron chi connectivity index (χ3n) is 12.2. The smallest absolute Gasteiger partial charge is 0.141 e. The van der Waals surface area contributed by atoms with Crippen LogP contribution in [0.1, 0.15) is 0 Å². The van der Waals surface area contributed by atoms with E-state index >= 15 is 0 Å². The van der Waals surface area contributed by atoms with Crippen molar-refractivity contribution < 1.29 is 49.5 Å². The van der Waals surface area contributed by atoms with Crippen LogP contribution in [0.25, 0.3) is 32.7 Å². The third kappa shape index (κ3) is 38.9. The maximum atomic E-state index is 9.31. The van der Waals surface area contributed by atoms with Crippen LogP contribution >= 0.6 is 0 Å². The molecule has 0 saturated heterocycles. The molecule has 0 atom stereocenters. The van der Waals surface area contributed by atoms with E-state index < -0.39 is 0 Å². The number of hydrogen-bond acceptors (Lipinski definition) is 16. The van der Waals surface area contributed by atoms with Gasteiger partial charge in [0.1, 0.15) is 33.8 Å². The van der Waals surface area contributed by atoms with Crippen LogP contribution in [0.2, 0.25) is 0 Å². The average molecular weight is 1420 g/mol. The Labute approximate surface area is 604 Å². The number of nitrogens with two attached hydrogens (primary N) is 1. The van der Waals surface area contributed by atoms with Crippen LogP contribution < -0.4 is 20.4 Å². The van der Waals surface area contributed by atoms with Crippen molar-refractivity contribution in [2.45, 2.75) is 0 Å². The maximum absolute atomic E-state index is 9.31. The van der Waals surface area contributed by atoms with Gasteiger partial charge in [0.15, 0.2) is 0 Å². The van der Waals surface area contributed by atoms with Gasteiger partial charge in [0, 0.05) is 208 Å². The van der Waals surface area contributed by atoms with E-state index in [0.717, 1.165) is 21.8 Å². The molecular formula is C81H85Cu2N13O3. The number of aromatic nitrogens is 9. The average Bonchev–Trinajstić information content (AvgIpc) is 0.993. The molecule has 99 heavy (non-hydrogen) atoms. The van der Waals surface area contributed by atoms with E-state index in [-0.39, 0.29) is 51.4 Å². The quantitative estimate of drug-likeness (QED) is 0.0957. The SMILES string of the molecule is CN(C)c1ccc(N(C)C)cc1.CN(C)c1ccccc1.Nc1ccccc1.Oc1cccc2cccnc12.Oc1cccc2cccnc12.Oc1cccc2cccnc12.[Cu].[Cu].c1ccncc1.c1ccncc1.c1ccncc1.c1ccncc1.c1ccncc1.c1ccncc1. The van der Waals surface area contributed by atoms with Crippen LogP contribution in [0.15, 0.2) is 378 Å². The molecule has 9 heterocycles. The number of para-hydroxylation sites is 5. The summed E-state index contributed by atoms with van der Waals surface area (Å²) in [6.07, 6.45) is 26.0. The number of rotatable bonds is 3. The standard InChI is InChI=1S/C10H16N2.3C9H7NO.C8H11N.C6H7N.6C5H5N.2Cu/c1-11(2)9-5-7-10(8-6-9)12(3)4;3*11-8-5-1-3-7-4-2-6-10-9(7)8;1-9(2)8-6-4-3-5-7-8;7-6-4-2-1-3-5-6;6*1-2-4-6-5-3-1;;/h5-8H,1-4H3;3*1-6,11H;3-7H,1-2H3;1-5H,7H2;6*1-5H;;. The minimum absolute atomic E-state index is 0. The Morgan fingerprint density at radius 3 is 0.586 bits per heavy atom. The molecule has 15 aromatic rings. The zero-order chi connectivity index (χ0) is 69.4. The minimum Gasteiger partial charge on any atom is -0.506 e. The van der Waals surface area contributed by atoms with E-state index in [4.69, 9.17) is 5.73 Å². The summed E-state index contributed by atoms with van der Waals surface area (Å²) in [5.74, 6) is 0.717. The Bertz CT molecular complexity index is 3630. The van der Waals surface area contributed by atoms with Gasteiger partial charge in [-0.25, -0.2) is 0 Å². The van der Waals surface area contributed by atoms with Crippen LogP contribution in [0, 0.1) is 0 Å². The van der Waals surface area contributed by atoms with Gasteiger partial charge in [0.05, 0.1) is 0 Å². The van der Waals surface area contributed by atoms with Crippen molar-refractivity contribution in [3.8, 4) is 17.2 Å². The number of nitrogens with zero attached hydrogens (tertiary/aromatic N) is 12. The summed E-state index contributed by atoms with van der Waals surface area (Å²) in [5, 5.41) is 30.8.